The molecule has 0 radical (unpaired) electrons. The van der Waals surface area contributed by atoms with E-state index in [-0.39, 0.29) is 31.4 Å². The average Bonchev–Trinajstić information content (AvgIpc) is 2.30. The van der Waals surface area contributed by atoms with Crippen molar-refractivity contribution < 1.29 is 19.4 Å². The van der Waals surface area contributed by atoms with E-state index in [1.807, 2.05) is 6.92 Å². The van der Waals surface area contributed by atoms with Gasteiger partial charge in [-0.1, -0.05) is 13.3 Å². The minimum Gasteiger partial charge on any atom is -0.480 e. The first-order chi connectivity index (χ1) is 8.06. The molecule has 0 aliphatic rings. The molecule has 100 valence electrons. The molecule has 2 unspecified atom stereocenters. The number of carboxylic acids is 1. The van der Waals surface area contributed by atoms with Crippen LogP contribution in [0.5, 0.6) is 0 Å². The SMILES string of the molecule is CCCC(CN)C(=O)NC(CCOC)C(=O)O. The molecule has 0 heterocycles. The molecule has 0 fully saturated rings. The summed E-state index contributed by atoms with van der Waals surface area (Å²) in [5.74, 6) is -1.66. The van der Waals surface area contributed by atoms with Crippen molar-refractivity contribution in [2.24, 2.45) is 11.7 Å². The molecule has 4 N–H and O–H groups in total. The molecule has 0 spiro atoms. The highest BCUT2D eigenvalue weighted by molar-refractivity contribution is 5.85. The molecule has 0 aliphatic heterocycles. The van der Waals surface area contributed by atoms with E-state index in [0.29, 0.717) is 6.42 Å². The largest absolute Gasteiger partial charge is 0.480 e. The van der Waals surface area contributed by atoms with E-state index >= 15 is 0 Å². The van der Waals surface area contributed by atoms with Crippen LogP contribution in [0, 0.1) is 5.92 Å². The van der Waals surface area contributed by atoms with E-state index in [9.17, 15) is 9.59 Å². The maximum absolute atomic E-state index is 11.7. The van der Waals surface area contributed by atoms with Crippen LogP contribution in [0.25, 0.3) is 0 Å². The number of aliphatic carboxylic acids is 1. The molecule has 6 heteroatoms. The van der Waals surface area contributed by atoms with E-state index in [1.54, 1.807) is 0 Å². The molecule has 0 bridgehead atoms. The summed E-state index contributed by atoms with van der Waals surface area (Å²) >= 11 is 0. The molecule has 6 nitrogen and oxygen atoms in total. The number of nitrogens with two attached hydrogens (primary N) is 1. The number of carbonyl (C=O) groups is 2. The van der Waals surface area contributed by atoms with Gasteiger partial charge in [0, 0.05) is 26.7 Å². The van der Waals surface area contributed by atoms with Crippen LogP contribution in [-0.4, -0.2) is 43.3 Å². The minimum absolute atomic E-state index is 0.232. The van der Waals surface area contributed by atoms with Gasteiger partial charge in [0.1, 0.15) is 6.04 Å². The lowest BCUT2D eigenvalue weighted by atomic mass is 10.0. The number of nitrogens with one attached hydrogen (secondary N) is 1. The average molecular weight is 246 g/mol. The van der Waals surface area contributed by atoms with Crippen molar-refractivity contribution in [2.45, 2.75) is 32.2 Å². The van der Waals surface area contributed by atoms with Gasteiger partial charge in [-0.15, -0.1) is 0 Å². The van der Waals surface area contributed by atoms with Gasteiger partial charge in [0.05, 0.1) is 5.92 Å². The maximum Gasteiger partial charge on any atom is 0.326 e. The number of hydrogen-bond acceptors (Lipinski definition) is 4. The molecule has 0 aromatic carbocycles. The van der Waals surface area contributed by atoms with Crippen LogP contribution >= 0.6 is 0 Å². The summed E-state index contributed by atoms with van der Waals surface area (Å²) in [6, 6.07) is -0.909. The number of amides is 1. The summed E-state index contributed by atoms with van der Waals surface area (Å²) < 4.78 is 4.80. The van der Waals surface area contributed by atoms with Crippen molar-refractivity contribution in [2.75, 3.05) is 20.3 Å². The summed E-state index contributed by atoms with van der Waals surface area (Å²) in [4.78, 5) is 22.7. The van der Waals surface area contributed by atoms with Crippen molar-refractivity contribution >= 4 is 11.9 Å². The number of hydrogen-bond donors (Lipinski definition) is 3. The lowest BCUT2D eigenvalue weighted by Gasteiger charge is -2.18. The van der Waals surface area contributed by atoms with Gasteiger partial charge in [-0.2, -0.15) is 0 Å². The normalized spacial score (nSPS) is 14.1. The van der Waals surface area contributed by atoms with E-state index in [4.69, 9.17) is 15.6 Å². The zero-order chi connectivity index (χ0) is 13.3. The fourth-order valence-corrected chi connectivity index (χ4v) is 1.49. The Morgan fingerprint density at radius 2 is 2.06 bits per heavy atom. The number of methoxy groups -OCH3 is 1. The monoisotopic (exact) mass is 246 g/mol. The topological polar surface area (TPSA) is 102 Å². The van der Waals surface area contributed by atoms with Gasteiger partial charge < -0.3 is 20.9 Å². The fourth-order valence-electron chi connectivity index (χ4n) is 1.49. The molecule has 0 aromatic heterocycles. The van der Waals surface area contributed by atoms with Crippen molar-refractivity contribution in [1.29, 1.82) is 0 Å². The summed E-state index contributed by atoms with van der Waals surface area (Å²) in [7, 11) is 1.49. The molecule has 0 saturated carbocycles. The summed E-state index contributed by atoms with van der Waals surface area (Å²) in [6.45, 7) is 2.48. The number of rotatable bonds is 9. The van der Waals surface area contributed by atoms with Crippen LogP contribution in [0.15, 0.2) is 0 Å². The molecular weight excluding hydrogens is 224 g/mol. The Bertz CT molecular complexity index is 246. The van der Waals surface area contributed by atoms with Crippen LogP contribution in [-0.2, 0) is 14.3 Å². The Labute approximate surface area is 102 Å². The summed E-state index contributed by atoms with van der Waals surface area (Å²) in [5, 5.41) is 11.4. The van der Waals surface area contributed by atoms with Gasteiger partial charge >= 0.3 is 5.97 Å². The quantitative estimate of drug-likeness (QED) is 0.530. The zero-order valence-electron chi connectivity index (χ0n) is 10.4. The van der Waals surface area contributed by atoms with Crippen molar-refractivity contribution in [3.63, 3.8) is 0 Å². The van der Waals surface area contributed by atoms with Gasteiger partial charge in [-0.25, -0.2) is 4.79 Å². The summed E-state index contributed by atoms with van der Waals surface area (Å²) in [5.41, 5.74) is 5.48. The Hall–Kier alpha value is -1.14. The van der Waals surface area contributed by atoms with Crippen molar-refractivity contribution in [1.82, 2.24) is 5.32 Å². The van der Waals surface area contributed by atoms with Crippen LogP contribution in [0.1, 0.15) is 26.2 Å². The van der Waals surface area contributed by atoms with Gasteiger partial charge in [0.25, 0.3) is 0 Å². The molecular formula is C11H22N2O4. The van der Waals surface area contributed by atoms with E-state index in [1.165, 1.54) is 7.11 Å². The lowest BCUT2D eigenvalue weighted by molar-refractivity contribution is -0.143. The Morgan fingerprint density at radius 1 is 1.41 bits per heavy atom. The third kappa shape index (κ3) is 6.23. The third-order valence-corrected chi connectivity index (χ3v) is 2.52. The second-order valence-corrected chi connectivity index (χ2v) is 3.90. The number of carbonyl (C=O) groups excluding carboxylic acids is 1. The van der Waals surface area contributed by atoms with Crippen LogP contribution in [0.4, 0.5) is 0 Å². The zero-order valence-corrected chi connectivity index (χ0v) is 10.4. The van der Waals surface area contributed by atoms with Crippen LogP contribution in [0.3, 0.4) is 0 Å². The highest BCUT2D eigenvalue weighted by atomic mass is 16.5. The standard InChI is InChI=1S/C11H22N2O4/c1-3-4-8(7-12)10(14)13-9(11(15)16)5-6-17-2/h8-9H,3-7,12H2,1-2H3,(H,13,14)(H,15,16). The smallest absolute Gasteiger partial charge is 0.326 e. The molecule has 0 rings (SSSR count). The fraction of sp³-hybridized carbons (Fsp3) is 0.818. The lowest BCUT2D eigenvalue weighted by Crippen LogP contribution is -2.45. The molecule has 0 saturated heterocycles. The van der Waals surface area contributed by atoms with E-state index in [0.717, 1.165) is 6.42 Å². The summed E-state index contributed by atoms with van der Waals surface area (Å²) in [6.07, 6.45) is 1.75. The maximum atomic E-state index is 11.7. The first-order valence-electron chi connectivity index (χ1n) is 5.78. The second kappa shape index (κ2) is 8.95. The van der Waals surface area contributed by atoms with Gasteiger partial charge in [-0.05, 0) is 6.42 Å². The minimum atomic E-state index is -1.05. The van der Waals surface area contributed by atoms with Crippen molar-refractivity contribution in [3.05, 3.63) is 0 Å². The predicted octanol–water partition coefficient (Wildman–Crippen LogP) is -0.0327. The van der Waals surface area contributed by atoms with Crippen LogP contribution in [0.2, 0.25) is 0 Å². The van der Waals surface area contributed by atoms with Gasteiger partial charge in [-0.3, -0.25) is 4.79 Å². The van der Waals surface area contributed by atoms with E-state index in [2.05, 4.69) is 5.32 Å². The van der Waals surface area contributed by atoms with Crippen LogP contribution < -0.4 is 11.1 Å². The molecule has 2 atom stereocenters. The molecule has 0 aliphatic carbocycles. The highest BCUT2D eigenvalue weighted by Gasteiger charge is 2.23. The predicted molar refractivity (Wildman–Crippen MR) is 63.5 cm³/mol. The number of carboxylic acid groups (broad SMARTS) is 1. The first kappa shape index (κ1) is 15.9. The Balaban J connectivity index is 4.32. The first-order valence-corrected chi connectivity index (χ1v) is 5.78. The number of ether oxygens (including phenoxy) is 1. The second-order valence-electron chi connectivity index (χ2n) is 3.90. The van der Waals surface area contributed by atoms with Crippen molar-refractivity contribution in [3.8, 4) is 0 Å². The Kier molecular flexibility index (Phi) is 8.35. The third-order valence-electron chi connectivity index (χ3n) is 2.52. The van der Waals surface area contributed by atoms with Gasteiger partial charge in [0.15, 0.2) is 0 Å². The molecule has 0 aromatic rings. The van der Waals surface area contributed by atoms with E-state index < -0.39 is 12.0 Å². The highest BCUT2D eigenvalue weighted by Crippen LogP contribution is 2.05. The Morgan fingerprint density at radius 3 is 2.47 bits per heavy atom. The molecule has 17 heavy (non-hydrogen) atoms. The van der Waals surface area contributed by atoms with Gasteiger partial charge in [0.2, 0.25) is 5.91 Å². The molecule has 1 amide bonds.